The second-order valence-electron chi connectivity index (χ2n) is 5.40. The third-order valence-electron chi connectivity index (χ3n) is 4.09. The predicted octanol–water partition coefficient (Wildman–Crippen LogP) is 3.56. The van der Waals surface area contributed by atoms with Gasteiger partial charge in [-0.25, -0.2) is 0 Å². The van der Waals surface area contributed by atoms with Crippen molar-refractivity contribution in [1.82, 2.24) is 15.5 Å². The minimum absolute atomic E-state index is 0.0705. The highest BCUT2D eigenvalue weighted by atomic mass is 32.1. The lowest BCUT2D eigenvalue weighted by atomic mass is 10.1. The molecule has 0 saturated carbocycles. The fourth-order valence-electron chi connectivity index (χ4n) is 3.01. The maximum Gasteiger partial charge on any atom is 0.255 e. The van der Waals surface area contributed by atoms with Crippen LogP contribution in [0.5, 0.6) is 0 Å². The van der Waals surface area contributed by atoms with Crippen LogP contribution in [0, 0.1) is 0 Å². The number of amides is 1. The van der Waals surface area contributed by atoms with E-state index in [1.165, 1.54) is 11.1 Å². The Labute approximate surface area is 132 Å². The van der Waals surface area contributed by atoms with E-state index in [0.29, 0.717) is 5.56 Å². The number of rotatable bonds is 3. The highest BCUT2D eigenvalue weighted by Crippen LogP contribution is 2.32. The minimum atomic E-state index is -0.0705. The van der Waals surface area contributed by atoms with Crippen LogP contribution < -0.4 is 5.32 Å². The second kappa shape index (κ2) is 5.42. The molecule has 0 bridgehead atoms. The molecule has 1 aliphatic rings. The summed E-state index contributed by atoms with van der Waals surface area (Å²) >= 11 is 1.59. The van der Waals surface area contributed by atoms with Crippen LogP contribution >= 0.6 is 11.3 Å². The molecule has 0 radical (unpaired) electrons. The number of fused-ring (bicyclic) bond motifs is 1. The van der Waals surface area contributed by atoms with Crippen molar-refractivity contribution in [2.75, 3.05) is 0 Å². The molecule has 0 spiro atoms. The quantitative estimate of drug-likeness (QED) is 0.777. The number of hydrogen-bond acceptors (Lipinski definition) is 3. The third kappa shape index (κ3) is 2.23. The van der Waals surface area contributed by atoms with Gasteiger partial charge in [0.15, 0.2) is 0 Å². The number of nitrogens with one attached hydrogen (secondary N) is 2. The van der Waals surface area contributed by atoms with Crippen LogP contribution in [0.2, 0.25) is 0 Å². The zero-order chi connectivity index (χ0) is 14.9. The lowest BCUT2D eigenvalue weighted by molar-refractivity contribution is 0.0937. The van der Waals surface area contributed by atoms with Gasteiger partial charge in [0.2, 0.25) is 0 Å². The summed E-state index contributed by atoms with van der Waals surface area (Å²) < 4.78 is 0. The van der Waals surface area contributed by atoms with Gasteiger partial charge >= 0.3 is 0 Å². The molecule has 3 aromatic rings. The third-order valence-corrected chi connectivity index (χ3v) is 4.98. The summed E-state index contributed by atoms with van der Waals surface area (Å²) in [6, 6.07) is 12.4. The van der Waals surface area contributed by atoms with Gasteiger partial charge in [-0.15, -0.1) is 11.3 Å². The summed E-state index contributed by atoms with van der Waals surface area (Å²) in [6.45, 7) is 0. The van der Waals surface area contributed by atoms with Gasteiger partial charge < -0.3 is 5.32 Å². The number of aromatic nitrogens is 2. The molecular weight excluding hydrogens is 294 g/mol. The Kier molecular flexibility index (Phi) is 3.27. The van der Waals surface area contributed by atoms with E-state index in [1.54, 1.807) is 17.5 Å². The van der Waals surface area contributed by atoms with Gasteiger partial charge in [-0.2, -0.15) is 5.10 Å². The molecule has 2 N–H and O–H groups in total. The normalized spacial score (nSPS) is 16.5. The number of carbonyl (C=O) groups excluding carboxylic acids is 1. The van der Waals surface area contributed by atoms with Crippen molar-refractivity contribution in [3.8, 4) is 10.6 Å². The van der Waals surface area contributed by atoms with E-state index in [2.05, 4.69) is 27.6 Å². The fourth-order valence-corrected chi connectivity index (χ4v) is 3.74. The molecule has 4 rings (SSSR count). The Morgan fingerprint density at radius 3 is 3.05 bits per heavy atom. The number of aryl methyl sites for hydroxylation is 1. The van der Waals surface area contributed by atoms with Crippen LogP contribution in [0.25, 0.3) is 10.6 Å². The lowest BCUT2D eigenvalue weighted by Gasteiger charge is -2.14. The van der Waals surface area contributed by atoms with E-state index in [0.717, 1.165) is 23.4 Å². The number of H-pyrrole nitrogens is 1. The van der Waals surface area contributed by atoms with Crippen molar-refractivity contribution >= 4 is 17.2 Å². The number of thiophene rings is 1. The summed E-state index contributed by atoms with van der Waals surface area (Å²) in [5.41, 5.74) is 3.96. The van der Waals surface area contributed by atoms with Crippen molar-refractivity contribution in [3.05, 3.63) is 64.7 Å². The molecule has 0 unspecified atom stereocenters. The first-order chi connectivity index (χ1) is 10.8. The molecule has 5 heteroatoms. The lowest BCUT2D eigenvalue weighted by Crippen LogP contribution is -2.27. The largest absolute Gasteiger partial charge is 0.345 e. The predicted molar refractivity (Wildman–Crippen MR) is 86.9 cm³/mol. The van der Waals surface area contributed by atoms with E-state index >= 15 is 0 Å². The van der Waals surface area contributed by atoms with Gasteiger partial charge in [0, 0.05) is 0 Å². The summed E-state index contributed by atoms with van der Waals surface area (Å²) in [5.74, 6) is -0.0705. The molecule has 2 heterocycles. The highest BCUT2D eigenvalue weighted by molar-refractivity contribution is 7.13. The van der Waals surface area contributed by atoms with Gasteiger partial charge in [0.05, 0.1) is 28.4 Å². The Morgan fingerprint density at radius 1 is 1.27 bits per heavy atom. The number of nitrogens with zero attached hydrogens (tertiary/aromatic N) is 1. The van der Waals surface area contributed by atoms with Crippen LogP contribution in [-0.4, -0.2) is 16.1 Å². The first-order valence-corrected chi connectivity index (χ1v) is 8.17. The van der Waals surface area contributed by atoms with E-state index in [1.807, 2.05) is 29.6 Å². The molecule has 1 amide bonds. The van der Waals surface area contributed by atoms with E-state index in [4.69, 9.17) is 0 Å². The highest BCUT2D eigenvalue weighted by Gasteiger charge is 2.25. The van der Waals surface area contributed by atoms with Crippen LogP contribution in [0.3, 0.4) is 0 Å². The second-order valence-corrected chi connectivity index (χ2v) is 6.35. The molecule has 22 heavy (non-hydrogen) atoms. The SMILES string of the molecule is O=C(N[C@H]1CCc2ccccc21)c1cn[nH]c1-c1cccs1. The summed E-state index contributed by atoms with van der Waals surface area (Å²) in [5, 5.41) is 12.1. The molecule has 0 saturated heterocycles. The molecule has 110 valence electrons. The molecule has 0 fully saturated rings. The smallest absolute Gasteiger partial charge is 0.255 e. The fraction of sp³-hybridized carbons (Fsp3) is 0.176. The number of benzene rings is 1. The zero-order valence-corrected chi connectivity index (χ0v) is 12.7. The molecule has 2 aromatic heterocycles. The molecule has 1 atom stereocenters. The van der Waals surface area contributed by atoms with Gasteiger partial charge in [-0.05, 0) is 35.4 Å². The topological polar surface area (TPSA) is 57.8 Å². The zero-order valence-electron chi connectivity index (χ0n) is 11.9. The Bertz CT molecular complexity index is 807. The van der Waals surface area contributed by atoms with E-state index < -0.39 is 0 Å². The summed E-state index contributed by atoms with van der Waals surface area (Å²) in [7, 11) is 0. The van der Waals surface area contributed by atoms with Crippen LogP contribution in [-0.2, 0) is 6.42 Å². The van der Waals surface area contributed by atoms with Crippen LogP contribution in [0.1, 0.15) is 33.9 Å². The standard InChI is InChI=1S/C17H15N3OS/c21-17(13-10-18-20-16(13)15-6-3-9-22-15)19-14-8-7-11-4-1-2-5-12(11)14/h1-6,9-10,14H,7-8H2,(H,18,20)(H,19,21)/t14-/m0/s1. The maximum absolute atomic E-state index is 12.6. The van der Waals surface area contributed by atoms with Crippen molar-refractivity contribution in [2.45, 2.75) is 18.9 Å². The van der Waals surface area contributed by atoms with Gasteiger partial charge in [-0.3, -0.25) is 9.89 Å². The summed E-state index contributed by atoms with van der Waals surface area (Å²) in [4.78, 5) is 13.6. The van der Waals surface area contributed by atoms with Crippen LogP contribution in [0.4, 0.5) is 0 Å². The van der Waals surface area contributed by atoms with Crippen molar-refractivity contribution in [1.29, 1.82) is 0 Å². The number of aromatic amines is 1. The maximum atomic E-state index is 12.6. The minimum Gasteiger partial charge on any atom is -0.345 e. The number of carbonyl (C=O) groups is 1. The monoisotopic (exact) mass is 309 g/mol. The molecule has 0 aliphatic heterocycles. The van der Waals surface area contributed by atoms with Crippen molar-refractivity contribution in [3.63, 3.8) is 0 Å². The Morgan fingerprint density at radius 2 is 2.18 bits per heavy atom. The van der Waals surface area contributed by atoms with Crippen molar-refractivity contribution in [2.24, 2.45) is 0 Å². The summed E-state index contributed by atoms with van der Waals surface area (Å²) in [6.07, 6.45) is 3.58. The Hall–Kier alpha value is -2.40. The molecule has 4 nitrogen and oxygen atoms in total. The molecule has 1 aromatic carbocycles. The number of hydrogen-bond donors (Lipinski definition) is 2. The van der Waals surface area contributed by atoms with Crippen LogP contribution in [0.15, 0.2) is 48.0 Å². The van der Waals surface area contributed by atoms with Crippen molar-refractivity contribution < 1.29 is 4.79 Å². The first-order valence-electron chi connectivity index (χ1n) is 7.29. The molecular formula is C17H15N3OS. The average molecular weight is 309 g/mol. The molecule has 1 aliphatic carbocycles. The first kappa shape index (κ1) is 13.3. The Balaban J connectivity index is 1.58. The van der Waals surface area contributed by atoms with E-state index in [-0.39, 0.29) is 11.9 Å². The van der Waals surface area contributed by atoms with Gasteiger partial charge in [0.25, 0.3) is 5.91 Å². The van der Waals surface area contributed by atoms with Gasteiger partial charge in [-0.1, -0.05) is 30.3 Å². The average Bonchev–Trinajstić information content (AvgIpc) is 3.27. The van der Waals surface area contributed by atoms with Gasteiger partial charge in [0.1, 0.15) is 0 Å². The van der Waals surface area contributed by atoms with E-state index in [9.17, 15) is 4.79 Å².